The van der Waals surface area contributed by atoms with Crippen molar-refractivity contribution in [2.45, 2.75) is 11.8 Å². The number of likely N-dealkylation sites (N-methyl/N-ethyl adjacent to an activating group) is 1. The van der Waals surface area contributed by atoms with Gasteiger partial charge in [-0.2, -0.15) is 4.31 Å². The Kier molecular flexibility index (Phi) is 7.19. The number of rotatable bonds is 6. The maximum Gasteiger partial charge on any atom is 0.243 e. The van der Waals surface area contributed by atoms with E-state index in [0.717, 1.165) is 4.31 Å². The summed E-state index contributed by atoms with van der Waals surface area (Å²) >= 11 is 23.7. The van der Waals surface area contributed by atoms with Crippen LogP contribution in [0.5, 0.6) is 0 Å². The molecular formula is C16H14Cl4N2O3S. The molecule has 0 bridgehead atoms. The van der Waals surface area contributed by atoms with Crippen molar-refractivity contribution in [3.05, 3.63) is 56.5 Å². The van der Waals surface area contributed by atoms with E-state index in [-0.39, 0.29) is 37.2 Å². The van der Waals surface area contributed by atoms with Crippen molar-refractivity contribution in [1.82, 2.24) is 4.31 Å². The molecule has 0 saturated heterocycles. The largest absolute Gasteiger partial charge is 0.322 e. The van der Waals surface area contributed by atoms with Crippen LogP contribution in [-0.4, -0.2) is 31.7 Å². The minimum Gasteiger partial charge on any atom is -0.322 e. The van der Waals surface area contributed by atoms with E-state index in [9.17, 15) is 13.2 Å². The average Bonchev–Trinajstić information content (AvgIpc) is 2.58. The summed E-state index contributed by atoms with van der Waals surface area (Å²) < 4.78 is 26.5. The summed E-state index contributed by atoms with van der Waals surface area (Å²) in [6.45, 7) is 1.28. The van der Waals surface area contributed by atoms with Gasteiger partial charge in [-0.05, 0) is 30.3 Å². The number of sulfonamides is 1. The number of amides is 1. The van der Waals surface area contributed by atoms with Crippen LogP contribution in [0.4, 0.5) is 5.69 Å². The molecule has 2 aromatic rings. The van der Waals surface area contributed by atoms with Crippen LogP contribution in [0.2, 0.25) is 20.1 Å². The molecule has 0 unspecified atom stereocenters. The minimum atomic E-state index is -3.93. The van der Waals surface area contributed by atoms with Crippen molar-refractivity contribution in [1.29, 1.82) is 0 Å². The van der Waals surface area contributed by atoms with Crippen molar-refractivity contribution in [3.8, 4) is 0 Å². The zero-order chi connectivity index (χ0) is 19.5. The number of nitrogens with zero attached hydrogens (tertiary/aromatic N) is 1. The maximum absolute atomic E-state index is 12.7. The molecule has 2 rings (SSSR count). The fourth-order valence-corrected chi connectivity index (χ4v) is 4.40. The molecular weight excluding hydrogens is 442 g/mol. The Bertz CT molecular complexity index is 915. The minimum absolute atomic E-state index is 0.0580. The molecule has 5 nitrogen and oxygen atoms in total. The van der Waals surface area contributed by atoms with Gasteiger partial charge in [-0.25, -0.2) is 8.42 Å². The number of nitrogens with one attached hydrogen (secondary N) is 1. The number of benzene rings is 2. The first kappa shape index (κ1) is 21.3. The lowest BCUT2D eigenvalue weighted by Gasteiger charge is -2.20. The number of hydrogen-bond acceptors (Lipinski definition) is 3. The first-order valence-electron chi connectivity index (χ1n) is 7.36. The molecule has 0 aliphatic carbocycles. The smallest absolute Gasteiger partial charge is 0.243 e. The van der Waals surface area contributed by atoms with Gasteiger partial charge < -0.3 is 5.32 Å². The van der Waals surface area contributed by atoms with E-state index in [1.807, 2.05) is 0 Å². The van der Waals surface area contributed by atoms with Gasteiger partial charge in [-0.15, -0.1) is 0 Å². The van der Waals surface area contributed by atoms with Crippen LogP contribution in [0.25, 0.3) is 0 Å². The highest BCUT2D eigenvalue weighted by molar-refractivity contribution is 7.89. The molecule has 0 spiro atoms. The second kappa shape index (κ2) is 8.78. The Labute approximate surface area is 171 Å². The Hall–Kier alpha value is -1.02. The highest BCUT2D eigenvalue weighted by atomic mass is 35.5. The average molecular weight is 456 g/mol. The second-order valence-corrected chi connectivity index (χ2v) is 8.72. The van der Waals surface area contributed by atoms with Gasteiger partial charge in [0, 0.05) is 6.54 Å². The van der Waals surface area contributed by atoms with Gasteiger partial charge in [-0.1, -0.05) is 59.4 Å². The van der Waals surface area contributed by atoms with Gasteiger partial charge in [0.25, 0.3) is 0 Å². The van der Waals surface area contributed by atoms with E-state index >= 15 is 0 Å². The van der Waals surface area contributed by atoms with Gasteiger partial charge in [0.2, 0.25) is 15.9 Å². The van der Waals surface area contributed by atoms with Crippen LogP contribution in [0, 0.1) is 0 Å². The Morgan fingerprint density at radius 1 is 1.00 bits per heavy atom. The fourth-order valence-electron chi connectivity index (χ4n) is 2.11. The molecule has 0 radical (unpaired) electrons. The Morgan fingerprint density at radius 3 is 2.15 bits per heavy atom. The number of hydrogen-bond donors (Lipinski definition) is 1. The highest BCUT2D eigenvalue weighted by Gasteiger charge is 2.26. The van der Waals surface area contributed by atoms with E-state index in [1.165, 1.54) is 18.2 Å². The van der Waals surface area contributed by atoms with E-state index < -0.39 is 22.5 Å². The van der Waals surface area contributed by atoms with Crippen molar-refractivity contribution in [2.75, 3.05) is 18.4 Å². The molecule has 26 heavy (non-hydrogen) atoms. The van der Waals surface area contributed by atoms with Crippen LogP contribution >= 0.6 is 46.4 Å². The van der Waals surface area contributed by atoms with Crippen molar-refractivity contribution < 1.29 is 13.2 Å². The van der Waals surface area contributed by atoms with E-state index in [2.05, 4.69) is 5.32 Å². The highest BCUT2D eigenvalue weighted by Crippen LogP contribution is 2.30. The molecule has 0 aromatic heterocycles. The van der Waals surface area contributed by atoms with E-state index in [1.54, 1.807) is 25.1 Å². The molecule has 0 aliphatic rings. The third-order valence-electron chi connectivity index (χ3n) is 3.43. The zero-order valence-corrected chi connectivity index (χ0v) is 17.3. The molecule has 0 heterocycles. The van der Waals surface area contributed by atoms with Gasteiger partial charge in [0.1, 0.15) is 0 Å². The summed E-state index contributed by atoms with van der Waals surface area (Å²) in [5.74, 6) is -0.578. The number of anilines is 1. The molecule has 0 saturated carbocycles. The topological polar surface area (TPSA) is 66.5 Å². The lowest BCUT2D eigenvalue weighted by molar-refractivity contribution is -0.116. The summed E-state index contributed by atoms with van der Waals surface area (Å²) in [6.07, 6.45) is 0. The molecule has 1 N–H and O–H groups in total. The quantitative estimate of drug-likeness (QED) is 0.669. The Balaban J connectivity index is 2.22. The van der Waals surface area contributed by atoms with Crippen LogP contribution in [0.3, 0.4) is 0 Å². The molecule has 0 atom stereocenters. The normalized spacial score (nSPS) is 11.6. The molecule has 10 heteroatoms. The van der Waals surface area contributed by atoms with Gasteiger partial charge in [0.05, 0.1) is 37.2 Å². The van der Waals surface area contributed by atoms with Crippen molar-refractivity contribution >= 4 is 68.0 Å². The van der Waals surface area contributed by atoms with Crippen LogP contribution < -0.4 is 5.32 Å². The Morgan fingerprint density at radius 2 is 1.62 bits per heavy atom. The summed E-state index contributed by atoms with van der Waals surface area (Å²) in [7, 11) is -3.93. The molecule has 2 aromatic carbocycles. The summed E-state index contributed by atoms with van der Waals surface area (Å²) in [5.41, 5.74) is 0.226. The van der Waals surface area contributed by atoms with Crippen molar-refractivity contribution in [3.63, 3.8) is 0 Å². The number of carbonyl (C=O) groups excluding carboxylic acids is 1. The van der Waals surface area contributed by atoms with Crippen molar-refractivity contribution in [2.24, 2.45) is 0 Å². The van der Waals surface area contributed by atoms with Gasteiger partial charge >= 0.3 is 0 Å². The number of halogens is 4. The van der Waals surface area contributed by atoms with Gasteiger partial charge in [0.15, 0.2) is 0 Å². The monoisotopic (exact) mass is 454 g/mol. The summed E-state index contributed by atoms with van der Waals surface area (Å²) in [6, 6.07) is 8.71. The van der Waals surface area contributed by atoms with Gasteiger partial charge in [-0.3, -0.25) is 4.79 Å². The SMILES string of the molecule is CCN(CC(=O)Nc1c(Cl)cccc1Cl)S(=O)(=O)c1ccc(Cl)c(Cl)c1. The first-order valence-corrected chi connectivity index (χ1v) is 10.3. The lowest BCUT2D eigenvalue weighted by atomic mass is 10.3. The third kappa shape index (κ3) is 4.82. The summed E-state index contributed by atoms with van der Waals surface area (Å²) in [5, 5.41) is 3.38. The van der Waals surface area contributed by atoms with Crippen LogP contribution in [0.15, 0.2) is 41.3 Å². The third-order valence-corrected chi connectivity index (χ3v) is 6.71. The number of carbonyl (C=O) groups is 1. The second-order valence-electron chi connectivity index (χ2n) is 5.15. The number of para-hydroxylation sites is 1. The molecule has 0 aliphatic heterocycles. The first-order chi connectivity index (χ1) is 12.2. The van der Waals surface area contributed by atoms with Crippen LogP contribution in [-0.2, 0) is 14.8 Å². The molecule has 1 amide bonds. The standard InChI is InChI=1S/C16H14Cl4N2O3S/c1-2-22(26(24,25)10-6-7-11(17)14(20)8-10)9-15(23)21-16-12(18)4-3-5-13(16)19/h3-8H,2,9H2,1H3,(H,21,23). The van der Waals surface area contributed by atoms with E-state index in [4.69, 9.17) is 46.4 Å². The zero-order valence-electron chi connectivity index (χ0n) is 13.5. The predicted molar refractivity (Wildman–Crippen MR) is 106 cm³/mol. The summed E-state index contributed by atoms with van der Waals surface area (Å²) in [4.78, 5) is 12.2. The molecule has 140 valence electrons. The lowest BCUT2D eigenvalue weighted by Crippen LogP contribution is -2.37. The van der Waals surface area contributed by atoms with Crippen LogP contribution in [0.1, 0.15) is 6.92 Å². The predicted octanol–water partition coefficient (Wildman–Crippen LogP) is 4.95. The fraction of sp³-hybridized carbons (Fsp3) is 0.188. The van der Waals surface area contributed by atoms with E-state index in [0.29, 0.717) is 0 Å². The maximum atomic E-state index is 12.7. The molecule has 0 fully saturated rings.